The number of ether oxygens (including phenoxy) is 1. The van der Waals surface area contributed by atoms with Crippen molar-refractivity contribution >= 4 is 11.8 Å². The molecule has 1 aliphatic rings. The fourth-order valence-corrected chi connectivity index (χ4v) is 3.45. The number of nitrogens with zero attached hydrogens (tertiary/aromatic N) is 1. The van der Waals surface area contributed by atoms with Gasteiger partial charge < -0.3 is 19.4 Å². The third-order valence-corrected chi connectivity index (χ3v) is 4.99. The average molecular weight is 408 g/mol. The minimum atomic E-state index is -0.497. The monoisotopic (exact) mass is 408 g/mol. The maximum atomic E-state index is 13.0. The highest BCUT2D eigenvalue weighted by Gasteiger charge is 2.35. The summed E-state index contributed by atoms with van der Waals surface area (Å²) in [5.41, 5.74) is 0.900. The van der Waals surface area contributed by atoms with E-state index in [1.54, 1.807) is 41.3 Å². The topological polar surface area (TPSA) is 71.8 Å². The summed E-state index contributed by atoms with van der Waals surface area (Å²) in [6.45, 7) is 0.877. The average Bonchev–Trinajstić information content (AvgIpc) is 3.46. The van der Waals surface area contributed by atoms with Gasteiger partial charge in [0.15, 0.2) is 5.76 Å². The third-order valence-electron chi connectivity index (χ3n) is 4.99. The Kier molecular flexibility index (Phi) is 5.79. The van der Waals surface area contributed by atoms with Gasteiger partial charge >= 0.3 is 0 Å². The Morgan fingerprint density at radius 2 is 1.77 bits per heavy atom. The van der Waals surface area contributed by atoms with Crippen molar-refractivity contribution in [1.82, 2.24) is 10.2 Å². The normalized spacial score (nSPS) is 15.8. The zero-order valence-electron chi connectivity index (χ0n) is 16.2. The molecule has 1 saturated heterocycles. The molecule has 7 heteroatoms. The number of halogens is 1. The standard InChI is InChI=1S/C23H21FN2O4/c24-17-7-11-19(12-8-17)30-18-9-5-16(6-10-18)15-25-22(27)20-3-1-13-26(20)23(28)21-4-2-14-29-21/h2,4-12,14,20H,1,3,13,15H2,(H,25,27)/t20-/m0/s1. The molecular formula is C23H21FN2O4. The SMILES string of the molecule is O=C(NCc1ccc(Oc2ccc(F)cc2)cc1)[C@@H]1CCCN1C(=O)c1ccco1. The molecule has 0 aliphatic carbocycles. The Morgan fingerprint density at radius 3 is 2.43 bits per heavy atom. The largest absolute Gasteiger partial charge is 0.459 e. The molecule has 30 heavy (non-hydrogen) atoms. The summed E-state index contributed by atoms with van der Waals surface area (Å²) < 4.78 is 23.8. The van der Waals surface area contributed by atoms with Gasteiger partial charge in [-0.3, -0.25) is 9.59 Å². The van der Waals surface area contributed by atoms with E-state index < -0.39 is 6.04 Å². The van der Waals surface area contributed by atoms with Crippen LogP contribution in [0.2, 0.25) is 0 Å². The molecule has 1 aromatic heterocycles. The van der Waals surface area contributed by atoms with Crippen molar-refractivity contribution in [2.45, 2.75) is 25.4 Å². The van der Waals surface area contributed by atoms with Crippen molar-refractivity contribution < 1.29 is 23.1 Å². The van der Waals surface area contributed by atoms with E-state index in [-0.39, 0.29) is 23.4 Å². The first-order chi connectivity index (χ1) is 14.6. The van der Waals surface area contributed by atoms with Gasteiger partial charge in [0, 0.05) is 13.1 Å². The second-order valence-corrected chi connectivity index (χ2v) is 7.05. The van der Waals surface area contributed by atoms with Gasteiger partial charge in [0.2, 0.25) is 5.91 Å². The Balaban J connectivity index is 1.32. The minimum absolute atomic E-state index is 0.181. The van der Waals surface area contributed by atoms with Crippen LogP contribution in [-0.2, 0) is 11.3 Å². The molecule has 1 aliphatic heterocycles. The fourth-order valence-electron chi connectivity index (χ4n) is 3.45. The van der Waals surface area contributed by atoms with Gasteiger partial charge in [-0.15, -0.1) is 0 Å². The highest BCUT2D eigenvalue weighted by molar-refractivity contribution is 5.95. The van der Waals surface area contributed by atoms with Gasteiger partial charge in [-0.1, -0.05) is 12.1 Å². The van der Waals surface area contributed by atoms with Crippen LogP contribution >= 0.6 is 0 Å². The summed E-state index contributed by atoms with van der Waals surface area (Å²) in [5, 5.41) is 2.90. The van der Waals surface area contributed by atoms with E-state index in [9.17, 15) is 14.0 Å². The molecule has 0 spiro atoms. The van der Waals surface area contributed by atoms with E-state index in [1.807, 2.05) is 12.1 Å². The molecular weight excluding hydrogens is 387 g/mol. The lowest BCUT2D eigenvalue weighted by Crippen LogP contribution is -2.45. The van der Waals surface area contributed by atoms with Gasteiger partial charge in [-0.05, 0) is 66.9 Å². The first-order valence-corrected chi connectivity index (χ1v) is 9.75. The smallest absolute Gasteiger partial charge is 0.290 e. The number of likely N-dealkylation sites (tertiary alicyclic amines) is 1. The zero-order chi connectivity index (χ0) is 20.9. The number of rotatable bonds is 6. The molecule has 1 atom stereocenters. The molecule has 0 bridgehead atoms. The number of hydrogen-bond acceptors (Lipinski definition) is 4. The molecule has 4 rings (SSSR count). The van der Waals surface area contributed by atoms with Crippen molar-refractivity contribution in [2.24, 2.45) is 0 Å². The van der Waals surface area contributed by atoms with Crippen LogP contribution in [0.3, 0.4) is 0 Å². The Labute approximate surface area is 173 Å². The highest BCUT2D eigenvalue weighted by atomic mass is 19.1. The molecule has 0 saturated carbocycles. The second-order valence-electron chi connectivity index (χ2n) is 7.05. The maximum Gasteiger partial charge on any atom is 0.290 e. The molecule has 154 valence electrons. The number of carbonyl (C=O) groups is 2. The Bertz CT molecular complexity index is 1000. The van der Waals surface area contributed by atoms with Crippen LogP contribution in [0, 0.1) is 5.82 Å². The summed E-state index contributed by atoms with van der Waals surface area (Å²) in [6, 6.07) is 15.8. The molecule has 3 aromatic rings. The second kappa shape index (κ2) is 8.82. The summed E-state index contributed by atoms with van der Waals surface area (Å²) in [7, 11) is 0. The summed E-state index contributed by atoms with van der Waals surface area (Å²) in [6.07, 6.45) is 2.85. The predicted octanol–water partition coefficient (Wildman–Crippen LogP) is 4.13. The van der Waals surface area contributed by atoms with Crippen LogP contribution in [0.25, 0.3) is 0 Å². The van der Waals surface area contributed by atoms with E-state index in [0.717, 1.165) is 12.0 Å². The van der Waals surface area contributed by atoms with Crippen molar-refractivity contribution in [3.63, 3.8) is 0 Å². The number of hydrogen-bond donors (Lipinski definition) is 1. The maximum absolute atomic E-state index is 13.0. The molecule has 0 radical (unpaired) electrons. The fraction of sp³-hybridized carbons (Fsp3) is 0.217. The predicted molar refractivity (Wildman–Crippen MR) is 108 cm³/mol. The van der Waals surface area contributed by atoms with Crippen molar-refractivity contribution in [1.29, 1.82) is 0 Å². The minimum Gasteiger partial charge on any atom is -0.459 e. The van der Waals surface area contributed by atoms with E-state index in [2.05, 4.69) is 5.32 Å². The summed E-state index contributed by atoms with van der Waals surface area (Å²) in [5.74, 6) is 0.633. The van der Waals surface area contributed by atoms with Gasteiger partial charge in [-0.2, -0.15) is 0 Å². The van der Waals surface area contributed by atoms with E-state index >= 15 is 0 Å². The summed E-state index contributed by atoms with van der Waals surface area (Å²) in [4.78, 5) is 26.7. The third kappa shape index (κ3) is 4.51. The first-order valence-electron chi connectivity index (χ1n) is 9.75. The van der Waals surface area contributed by atoms with Gasteiger partial charge in [0.1, 0.15) is 23.4 Å². The molecule has 2 aromatic carbocycles. The Morgan fingerprint density at radius 1 is 1.07 bits per heavy atom. The molecule has 2 amide bonds. The lowest BCUT2D eigenvalue weighted by atomic mass is 10.1. The van der Waals surface area contributed by atoms with Crippen LogP contribution in [-0.4, -0.2) is 29.3 Å². The molecule has 0 unspecified atom stereocenters. The van der Waals surface area contributed by atoms with Crippen LogP contribution in [0.15, 0.2) is 71.3 Å². The Hall–Kier alpha value is -3.61. The highest BCUT2D eigenvalue weighted by Crippen LogP contribution is 2.23. The van der Waals surface area contributed by atoms with Gasteiger partial charge in [-0.25, -0.2) is 4.39 Å². The molecule has 6 nitrogen and oxygen atoms in total. The van der Waals surface area contributed by atoms with Crippen molar-refractivity contribution in [2.75, 3.05) is 6.54 Å². The zero-order valence-corrected chi connectivity index (χ0v) is 16.2. The van der Waals surface area contributed by atoms with Crippen molar-refractivity contribution in [3.05, 3.63) is 84.1 Å². The van der Waals surface area contributed by atoms with E-state index in [0.29, 0.717) is 31.0 Å². The first kappa shape index (κ1) is 19.7. The van der Waals surface area contributed by atoms with E-state index in [4.69, 9.17) is 9.15 Å². The number of nitrogens with one attached hydrogen (secondary N) is 1. The van der Waals surface area contributed by atoms with Crippen LogP contribution in [0.1, 0.15) is 29.0 Å². The van der Waals surface area contributed by atoms with Crippen LogP contribution < -0.4 is 10.1 Å². The summed E-state index contributed by atoms with van der Waals surface area (Å²) >= 11 is 0. The van der Waals surface area contributed by atoms with Crippen molar-refractivity contribution in [3.8, 4) is 11.5 Å². The van der Waals surface area contributed by atoms with E-state index in [1.165, 1.54) is 18.4 Å². The number of furan rings is 1. The molecule has 1 fully saturated rings. The molecule has 2 heterocycles. The quantitative estimate of drug-likeness (QED) is 0.666. The van der Waals surface area contributed by atoms with Crippen LogP contribution in [0.4, 0.5) is 4.39 Å². The number of amides is 2. The lowest BCUT2D eigenvalue weighted by molar-refractivity contribution is -0.125. The van der Waals surface area contributed by atoms with Crippen LogP contribution in [0.5, 0.6) is 11.5 Å². The number of carbonyl (C=O) groups excluding carboxylic acids is 2. The van der Waals surface area contributed by atoms with Gasteiger partial charge in [0.25, 0.3) is 5.91 Å². The van der Waals surface area contributed by atoms with Gasteiger partial charge in [0.05, 0.1) is 6.26 Å². The molecule has 1 N–H and O–H groups in total. The lowest BCUT2D eigenvalue weighted by Gasteiger charge is -2.23. The number of benzene rings is 2.